The van der Waals surface area contributed by atoms with Gasteiger partial charge in [-0.1, -0.05) is 6.42 Å². The van der Waals surface area contributed by atoms with Crippen LogP contribution in [0, 0.1) is 17.8 Å². The van der Waals surface area contributed by atoms with E-state index in [1.807, 2.05) is 0 Å². The topological polar surface area (TPSA) is 23.5 Å². The fourth-order valence-corrected chi connectivity index (χ4v) is 3.47. The number of alkyl halides is 3. The molecule has 1 N–H and O–H groups in total. The lowest BCUT2D eigenvalue weighted by molar-refractivity contribution is -0.207. The number of rotatable bonds is 4. The van der Waals surface area contributed by atoms with Crippen LogP contribution in [0.5, 0.6) is 0 Å². The molecule has 0 amide bonds. The molecule has 2 aliphatic rings. The zero-order valence-electron chi connectivity index (χ0n) is 10.1. The Morgan fingerprint density at radius 3 is 2.47 bits per heavy atom. The first-order valence-electron chi connectivity index (χ1n) is 6.29. The summed E-state index contributed by atoms with van der Waals surface area (Å²) in [6, 6.07) is 0. The maximum absolute atomic E-state index is 12.2. The summed E-state index contributed by atoms with van der Waals surface area (Å²) in [5.74, 6) is 2.07. The molecule has 17 heavy (non-hydrogen) atoms. The number of fused-ring (bicyclic) bond motifs is 2. The van der Waals surface area contributed by atoms with E-state index in [-0.39, 0.29) is 6.54 Å². The summed E-state index contributed by atoms with van der Waals surface area (Å²) < 4.78 is 36.6. The molecule has 0 spiro atoms. The van der Waals surface area contributed by atoms with Crippen LogP contribution in [-0.2, 0) is 0 Å². The minimum Gasteiger partial charge on any atom is -0.382 e. The molecule has 2 aliphatic carbocycles. The van der Waals surface area contributed by atoms with E-state index in [0.717, 1.165) is 12.3 Å². The number of aliphatic hydroxyl groups excluding tert-OH is 1. The van der Waals surface area contributed by atoms with Crippen molar-refractivity contribution in [3.63, 3.8) is 0 Å². The molecular weight excluding hydrogens is 231 g/mol. The first kappa shape index (κ1) is 13.1. The molecule has 0 aromatic rings. The number of likely N-dealkylation sites (N-methyl/N-ethyl adjacent to an activating group) is 1. The molecule has 0 aromatic heterocycles. The van der Waals surface area contributed by atoms with Crippen LogP contribution in [0.2, 0.25) is 0 Å². The largest absolute Gasteiger partial charge is 0.415 e. The average Bonchev–Trinajstić information content (AvgIpc) is 2.77. The van der Waals surface area contributed by atoms with E-state index in [9.17, 15) is 13.2 Å². The number of hydrogen-bond donors (Lipinski definition) is 1. The molecule has 0 saturated heterocycles. The van der Waals surface area contributed by atoms with E-state index in [0.29, 0.717) is 18.4 Å². The standard InChI is InChI=1S/C12H20F3NO/c1-16(7-11(17)12(13,14)15)6-10-5-8-2-3-9(10)4-8/h8-11,17H,2-7H2,1H3. The molecule has 5 heteroatoms. The molecule has 2 rings (SSSR count). The molecule has 2 nitrogen and oxygen atoms in total. The van der Waals surface area contributed by atoms with Crippen molar-refractivity contribution in [2.45, 2.75) is 38.0 Å². The first-order valence-corrected chi connectivity index (χ1v) is 6.29. The van der Waals surface area contributed by atoms with E-state index in [2.05, 4.69) is 0 Å². The summed E-state index contributed by atoms with van der Waals surface area (Å²) in [4.78, 5) is 1.63. The van der Waals surface area contributed by atoms with E-state index in [1.165, 1.54) is 19.3 Å². The van der Waals surface area contributed by atoms with Crippen LogP contribution in [-0.4, -0.2) is 42.4 Å². The van der Waals surface area contributed by atoms with Gasteiger partial charge in [-0.2, -0.15) is 13.2 Å². The highest BCUT2D eigenvalue weighted by molar-refractivity contribution is 4.91. The smallest absolute Gasteiger partial charge is 0.382 e. The fraction of sp³-hybridized carbons (Fsp3) is 1.00. The second-order valence-corrected chi connectivity index (χ2v) is 5.71. The third kappa shape index (κ3) is 3.13. The van der Waals surface area contributed by atoms with Crippen LogP contribution in [0.1, 0.15) is 25.7 Å². The molecule has 2 saturated carbocycles. The van der Waals surface area contributed by atoms with Crippen molar-refractivity contribution in [3.05, 3.63) is 0 Å². The van der Waals surface area contributed by atoms with Crippen LogP contribution < -0.4 is 0 Å². The van der Waals surface area contributed by atoms with Crippen molar-refractivity contribution < 1.29 is 18.3 Å². The lowest BCUT2D eigenvalue weighted by atomic mass is 9.88. The highest BCUT2D eigenvalue weighted by Crippen LogP contribution is 2.48. The van der Waals surface area contributed by atoms with Gasteiger partial charge in [0.1, 0.15) is 0 Å². The Kier molecular flexibility index (Phi) is 3.69. The van der Waals surface area contributed by atoms with Crippen LogP contribution in [0.25, 0.3) is 0 Å². The second kappa shape index (κ2) is 4.76. The Hall–Kier alpha value is -0.290. The number of aliphatic hydroxyl groups is 1. The van der Waals surface area contributed by atoms with Gasteiger partial charge in [0.25, 0.3) is 0 Å². The second-order valence-electron chi connectivity index (χ2n) is 5.71. The zero-order chi connectivity index (χ0) is 12.6. The van der Waals surface area contributed by atoms with E-state index < -0.39 is 12.3 Å². The van der Waals surface area contributed by atoms with Gasteiger partial charge in [-0.25, -0.2) is 0 Å². The average molecular weight is 251 g/mol. The molecule has 0 aliphatic heterocycles. The van der Waals surface area contributed by atoms with Gasteiger partial charge in [0.2, 0.25) is 0 Å². The summed E-state index contributed by atoms with van der Waals surface area (Å²) in [7, 11) is 1.67. The SMILES string of the molecule is CN(CC1CC2CCC1C2)CC(O)C(F)(F)F. The van der Waals surface area contributed by atoms with Crippen LogP contribution >= 0.6 is 0 Å². The minimum absolute atomic E-state index is 0.308. The summed E-state index contributed by atoms with van der Waals surface area (Å²) >= 11 is 0. The summed E-state index contributed by atoms with van der Waals surface area (Å²) in [6.45, 7) is 0.381. The molecule has 2 bridgehead atoms. The lowest BCUT2D eigenvalue weighted by Gasteiger charge is -2.28. The first-order chi connectivity index (χ1) is 7.86. The Balaban J connectivity index is 1.76. The molecule has 2 fully saturated rings. The van der Waals surface area contributed by atoms with Crippen molar-refractivity contribution in [3.8, 4) is 0 Å². The van der Waals surface area contributed by atoms with Crippen LogP contribution in [0.15, 0.2) is 0 Å². The fourth-order valence-electron chi connectivity index (χ4n) is 3.47. The molecule has 0 heterocycles. The van der Waals surface area contributed by atoms with Gasteiger partial charge in [0.05, 0.1) is 0 Å². The van der Waals surface area contributed by atoms with Gasteiger partial charge in [0, 0.05) is 13.1 Å². The van der Waals surface area contributed by atoms with Crippen LogP contribution in [0.4, 0.5) is 13.2 Å². The summed E-state index contributed by atoms with van der Waals surface area (Å²) in [5.41, 5.74) is 0. The number of hydrogen-bond acceptors (Lipinski definition) is 2. The molecule has 4 atom stereocenters. The number of halogens is 3. The monoisotopic (exact) mass is 251 g/mol. The quantitative estimate of drug-likeness (QED) is 0.828. The van der Waals surface area contributed by atoms with Crippen molar-refractivity contribution in [2.24, 2.45) is 17.8 Å². The van der Waals surface area contributed by atoms with Crippen molar-refractivity contribution in [1.29, 1.82) is 0 Å². The van der Waals surface area contributed by atoms with Crippen molar-refractivity contribution in [2.75, 3.05) is 20.1 Å². The maximum Gasteiger partial charge on any atom is 0.415 e. The van der Waals surface area contributed by atoms with Gasteiger partial charge in [-0.05, 0) is 44.1 Å². The van der Waals surface area contributed by atoms with Gasteiger partial charge < -0.3 is 10.0 Å². The molecule has 100 valence electrons. The zero-order valence-corrected chi connectivity index (χ0v) is 10.1. The Morgan fingerprint density at radius 1 is 1.29 bits per heavy atom. The Bertz CT molecular complexity index is 269. The Morgan fingerprint density at radius 2 is 2.00 bits per heavy atom. The van der Waals surface area contributed by atoms with Gasteiger partial charge in [0.15, 0.2) is 6.10 Å². The molecule has 0 radical (unpaired) electrons. The summed E-state index contributed by atoms with van der Waals surface area (Å²) in [5, 5.41) is 9.00. The number of nitrogens with zero attached hydrogens (tertiary/aromatic N) is 1. The third-order valence-corrected chi connectivity index (χ3v) is 4.29. The summed E-state index contributed by atoms with van der Waals surface area (Å²) in [6.07, 6.45) is -1.74. The van der Waals surface area contributed by atoms with Crippen molar-refractivity contribution >= 4 is 0 Å². The normalized spacial score (nSPS) is 34.6. The van der Waals surface area contributed by atoms with Gasteiger partial charge in [-0.15, -0.1) is 0 Å². The minimum atomic E-state index is -4.50. The van der Waals surface area contributed by atoms with E-state index >= 15 is 0 Å². The molecule has 4 unspecified atom stereocenters. The van der Waals surface area contributed by atoms with Gasteiger partial charge in [-0.3, -0.25) is 0 Å². The molecular formula is C12H20F3NO. The maximum atomic E-state index is 12.2. The van der Waals surface area contributed by atoms with Gasteiger partial charge >= 0.3 is 6.18 Å². The predicted octanol–water partition coefficient (Wildman–Crippen LogP) is 2.28. The van der Waals surface area contributed by atoms with Crippen LogP contribution in [0.3, 0.4) is 0 Å². The lowest BCUT2D eigenvalue weighted by Crippen LogP contribution is -2.41. The third-order valence-electron chi connectivity index (χ3n) is 4.29. The predicted molar refractivity (Wildman–Crippen MR) is 58.5 cm³/mol. The Labute approximate surface area is 99.8 Å². The highest BCUT2D eigenvalue weighted by atomic mass is 19.4. The van der Waals surface area contributed by atoms with E-state index in [1.54, 1.807) is 11.9 Å². The van der Waals surface area contributed by atoms with Crippen molar-refractivity contribution in [1.82, 2.24) is 4.90 Å². The molecule has 0 aromatic carbocycles. The van der Waals surface area contributed by atoms with E-state index in [4.69, 9.17) is 5.11 Å². The highest BCUT2D eigenvalue weighted by Gasteiger charge is 2.41.